The minimum absolute atomic E-state index is 0.00100. The molecule has 0 radical (unpaired) electrons. The number of carbonyl (C=O) groups is 1. The Morgan fingerprint density at radius 3 is 2.50 bits per heavy atom. The Kier molecular flexibility index (Phi) is 3.44. The summed E-state index contributed by atoms with van der Waals surface area (Å²) >= 11 is 0. The van der Waals surface area contributed by atoms with E-state index in [0.29, 0.717) is 5.92 Å². The lowest BCUT2D eigenvalue weighted by atomic mass is 9.88. The number of fused-ring (bicyclic) bond motifs is 1. The largest absolute Gasteiger partial charge is 0.302 e. The van der Waals surface area contributed by atoms with Gasteiger partial charge in [-0.05, 0) is 47.7 Å². The van der Waals surface area contributed by atoms with Crippen molar-refractivity contribution >= 4 is 22.8 Å². The van der Waals surface area contributed by atoms with Crippen molar-refractivity contribution in [3.8, 4) is 0 Å². The number of amides is 1. The van der Waals surface area contributed by atoms with Crippen molar-refractivity contribution in [2.75, 3.05) is 0 Å². The van der Waals surface area contributed by atoms with Crippen LogP contribution in [0.3, 0.4) is 0 Å². The summed E-state index contributed by atoms with van der Waals surface area (Å²) in [6.45, 7) is 8.26. The van der Waals surface area contributed by atoms with Crippen LogP contribution in [0.5, 0.6) is 0 Å². The fourth-order valence-corrected chi connectivity index (χ4v) is 2.74. The Bertz CT molecular complexity index is 772. The van der Waals surface area contributed by atoms with Gasteiger partial charge in [-0.25, -0.2) is 0 Å². The SMILES string of the molecule is CC(C)c1ccc2c(/C=C3\NNC(=O)C3(C)C)cccc2c1. The molecule has 0 atom stereocenters. The quantitative estimate of drug-likeness (QED) is 0.880. The number of rotatable bonds is 2. The molecule has 3 heteroatoms. The number of nitrogens with one attached hydrogen (secondary N) is 2. The fraction of sp³-hybridized carbons (Fsp3) is 0.316. The summed E-state index contributed by atoms with van der Waals surface area (Å²) in [5.41, 5.74) is 8.54. The van der Waals surface area contributed by atoms with E-state index in [9.17, 15) is 4.79 Å². The Labute approximate surface area is 131 Å². The zero-order valence-corrected chi connectivity index (χ0v) is 13.5. The predicted molar refractivity (Wildman–Crippen MR) is 91.1 cm³/mol. The highest BCUT2D eigenvalue weighted by Crippen LogP contribution is 2.31. The van der Waals surface area contributed by atoms with Crippen LogP contribution in [0.1, 0.15) is 44.7 Å². The second-order valence-corrected chi connectivity index (χ2v) is 6.74. The van der Waals surface area contributed by atoms with Gasteiger partial charge in [-0.2, -0.15) is 0 Å². The van der Waals surface area contributed by atoms with E-state index in [0.717, 1.165) is 11.3 Å². The third-order valence-electron chi connectivity index (χ3n) is 4.46. The highest BCUT2D eigenvalue weighted by Gasteiger charge is 2.37. The normalized spacial score (nSPS) is 18.8. The first kappa shape index (κ1) is 14.6. The summed E-state index contributed by atoms with van der Waals surface area (Å²) in [7, 11) is 0. The molecular formula is C19H22N2O. The maximum absolute atomic E-state index is 11.9. The number of benzene rings is 2. The first-order valence-electron chi connectivity index (χ1n) is 7.71. The van der Waals surface area contributed by atoms with Gasteiger partial charge in [0, 0.05) is 5.70 Å². The molecule has 1 amide bonds. The lowest BCUT2D eigenvalue weighted by Gasteiger charge is -2.15. The number of hydrazine groups is 1. The van der Waals surface area contributed by atoms with Crippen LogP contribution in [-0.4, -0.2) is 5.91 Å². The van der Waals surface area contributed by atoms with E-state index in [1.54, 1.807) is 0 Å². The van der Waals surface area contributed by atoms with Gasteiger partial charge in [0.2, 0.25) is 5.91 Å². The van der Waals surface area contributed by atoms with Gasteiger partial charge in [0.1, 0.15) is 0 Å². The van der Waals surface area contributed by atoms with Crippen molar-refractivity contribution in [2.24, 2.45) is 5.41 Å². The Morgan fingerprint density at radius 1 is 1.09 bits per heavy atom. The van der Waals surface area contributed by atoms with Crippen LogP contribution in [0.25, 0.3) is 16.8 Å². The van der Waals surface area contributed by atoms with Crippen LogP contribution < -0.4 is 10.9 Å². The van der Waals surface area contributed by atoms with Crippen molar-refractivity contribution in [1.29, 1.82) is 0 Å². The summed E-state index contributed by atoms with van der Waals surface area (Å²) in [5.74, 6) is 0.518. The second kappa shape index (κ2) is 5.16. The molecule has 0 aromatic heterocycles. The predicted octanol–water partition coefficient (Wildman–Crippen LogP) is 3.96. The molecular weight excluding hydrogens is 272 g/mol. The third kappa shape index (κ3) is 2.37. The molecule has 0 aliphatic carbocycles. The van der Waals surface area contributed by atoms with E-state index in [-0.39, 0.29) is 5.91 Å². The van der Waals surface area contributed by atoms with Crippen LogP contribution in [0, 0.1) is 5.41 Å². The standard InChI is InChI=1S/C19H22N2O/c1-12(2)13-8-9-16-14(10-13)6-5-7-15(16)11-17-19(3,4)18(22)21-20-17/h5-12,20H,1-4H3,(H,21,22)/b17-11-. The van der Waals surface area contributed by atoms with Crippen LogP contribution >= 0.6 is 0 Å². The summed E-state index contributed by atoms with van der Waals surface area (Å²) in [4.78, 5) is 11.9. The van der Waals surface area contributed by atoms with Crippen molar-refractivity contribution in [3.63, 3.8) is 0 Å². The molecule has 3 nitrogen and oxygen atoms in total. The van der Waals surface area contributed by atoms with E-state index >= 15 is 0 Å². The van der Waals surface area contributed by atoms with Gasteiger partial charge in [-0.3, -0.25) is 10.2 Å². The highest BCUT2D eigenvalue weighted by atomic mass is 16.2. The molecule has 1 aliphatic rings. The van der Waals surface area contributed by atoms with E-state index in [4.69, 9.17) is 0 Å². The van der Waals surface area contributed by atoms with Gasteiger partial charge in [-0.15, -0.1) is 0 Å². The fourth-order valence-electron chi connectivity index (χ4n) is 2.74. The highest BCUT2D eigenvalue weighted by molar-refractivity contribution is 5.94. The molecule has 114 valence electrons. The van der Waals surface area contributed by atoms with Gasteiger partial charge in [-0.1, -0.05) is 50.2 Å². The maximum atomic E-state index is 11.9. The van der Waals surface area contributed by atoms with Crippen molar-refractivity contribution in [3.05, 3.63) is 53.2 Å². The Balaban J connectivity index is 2.11. The lowest BCUT2D eigenvalue weighted by Crippen LogP contribution is -2.28. The molecule has 1 heterocycles. The number of hydrogen-bond donors (Lipinski definition) is 2. The van der Waals surface area contributed by atoms with Crippen LogP contribution in [-0.2, 0) is 4.79 Å². The average molecular weight is 294 g/mol. The van der Waals surface area contributed by atoms with E-state index in [2.05, 4.69) is 67.2 Å². The molecule has 3 rings (SSSR count). The molecule has 1 saturated heterocycles. The third-order valence-corrected chi connectivity index (χ3v) is 4.46. The van der Waals surface area contributed by atoms with Gasteiger partial charge < -0.3 is 5.43 Å². The molecule has 1 fully saturated rings. The van der Waals surface area contributed by atoms with E-state index in [1.807, 2.05) is 13.8 Å². The monoisotopic (exact) mass is 294 g/mol. The molecule has 0 spiro atoms. The zero-order valence-electron chi connectivity index (χ0n) is 13.5. The Hall–Kier alpha value is -2.29. The molecule has 2 N–H and O–H groups in total. The van der Waals surface area contributed by atoms with E-state index in [1.165, 1.54) is 16.3 Å². The van der Waals surface area contributed by atoms with E-state index < -0.39 is 5.41 Å². The van der Waals surface area contributed by atoms with Gasteiger partial charge in [0.15, 0.2) is 0 Å². The topological polar surface area (TPSA) is 41.1 Å². The maximum Gasteiger partial charge on any atom is 0.249 e. The first-order valence-corrected chi connectivity index (χ1v) is 7.71. The minimum Gasteiger partial charge on any atom is -0.302 e. The molecule has 22 heavy (non-hydrogen) atoms. The van der Waals surface area contributed by atoms with Gasteiger partial charge >= 0.3 is 0 Å². The molecule has 1 aliphatic heterocycles. The summed E-state index contributed by atoms with van der Waals surface area (Å²) in [5, 5.41) is 2.44. The molecule has 0 saturated carbocycles. The number of carbonyl (C=O) groups excluding carboxylic acids is 1. The smallest absolute Gasteiger partial charge is 0.249 e. The van der Waals surface area contributed by atoms with Gasteiger partial charge in [0.05, 0.1) is 5.41 Å². The summed E-state index contributed by atoms with van der Waals surface area (Å²) in [6.07, 6.45) is 2.06. The average Bonchev–Trinajstić information content (AvgIpc) is 2.73. The number of hydrogen-bond acceptors (Lipinski definition) is 2. The molecule has 2 aromatic rings. The molecule has 2 aromatic carbocycles. The zero-order chi connectivity index (χ0) is 15.9. The minimum atomic E-state index is -0.528. The lowest BCUT2D eigenvalue weighted by molar-refractivity contribution is -0.125. The summed E-state index contributed by atoms with van der Waals surface area (Å²) in [6, 6.07) is 12.9. The Morgan fingerprint density at radius 2 is 1.86 bits per heavy atom. The molecule has 0 bridgehead atoms. The van der Waals surface area contributed by atoms with Crippen LogP contribution in [0.15, 0.2) is 42.1 Å². The molecule has 0 unspecified atom stereocenters. The summed E-state index contributed by atoms with van der Waals surface area (Å²) < 4.78 is 0. The van der Waals surface area contributed by atoms with Crippen LogP contribution in [0.2, 0.25) is 0 Å². The van der Waals surface area contributed by atoms with Crippen molar-refractivity contribution in [2.45, 2.75) is 33.6 Å². The van der Waals surface area contributed by atoms with Crippen molar-refractivity contribution in [1.82, 2.24) is 10.9 Å². The van der Waals surface area contributed by atoms with Crippen molar-refractivity contribution < 1.29 is 4.79 Å². The second-order valence-electron chi connectivity index (χ2n) is 6.74. The first-order chi connectivity index (χ1) is 10.4. The van der Waals surface area contributed by atoms with Crippen LogP contribution in [0.4, 0.5) is 0 Å². The van der Waals surface area contributed by atoms with Gasteiger partial charge in [0.25, 0.3) is 0 Å².